The molecular weight excluding hydrogens is 202 g/mol. The van der Waals surface area contributed by atoms with E-state index >= 15 is 0 Å². The molecule has 1 aliphatic rings. The number of aromatic nitrogens is 1. The predicted molar refractivity (Wildman–Crippen MR) is 61.0 cm³/mol. The van der Waals surface area contributed by atoms with Gasteiger partial charge in [0.05, 0.1) is 6.10 Å². The molecular formula is C12H15N3O. The van der Waals surface area contributed by atoms with Crippen molar-refractivity contribution < 1.29 is 5.11 Å². The molecule has 2 rings (SSSR count). The summed E-state index contributed by atoms with van der Waals surface area (Å²) < 4.78 is 0. The molecule has 0 amide bonds. The summed E-state index contributed by atoms with van der Waals surface area (Å²) >= 11 is 0. The van der Waals surface area contributed by atoms with Gasteiger partial charge in [0.2, 0.25) is 0 Å². The van der Waals surface area contributed by atoms with Crippen LogP contribution in [0.4, 0.5) is 5.69 Å². The maximum absolute atomic E-state index is 9.65. The summed E-state index contributed by atoms with van der Waals surface area (Å²) in [7, 11) is 0. The van der Waals surface area contributed by atoms with Gasteiger partial charge < -0.3 is 10.0 Å². The quantitative estimate of drug-likeness (QED) is 0.766. The molecule has 1 fully saturated rings. The van der Waals surface area contributed by atoms with Gasteiger partial charge in [0, 0.05) is 25.0 Å². The fourth-order valence-corrected chi connectivity index (χ4v) is 2.04. The van der Waals surface area contributed by atoms with Gasteiger partial charge in [0.1, 0.15) is 11.8 Å². The Balaban J connectivity index is 2.16. The highest BCUT2D eigenvalue weighted by Gasteiger charge is 2.24. The molecule has 0 bridgehead atoms. The van der Waals surface area contributed by atoms with Crippen LogP contribution in [-0.4, -0.2) is 29.3 Å². The first-order chi connectivity index (χ1) is 7.70. The van der Waals surface area contributed by atoms with E-state index in [9.17, 15) is 5.11 Å². The third kappa shape index (κ3) is 2.15. The fraction of sp³-hybridized carbons (Fsp3) is 0.500. The summed E-state index contributed by atoms with van der Waals surface area (Å²) in [5.41, 5.74) is 1.46. The van der Waals surface area contributed by atoms with Gasteiger partial charge in [-0.2, -0.15) is 5.26 Å². The van der Waals surface area contributed by atoms with Gasteiger partial charge in [0.15, 0.2) is 0 Å². The number of pyridine rings is 1. The number of aliphatic hydroxyl groups is 1. The van der Waals surface area contributed by atoms with Crippen LogP contribution in [0.5, 0.6) is 0 Å². The molecule has 1 N–H and O–H groups in total. The minimum absolute atomic E-state index is 0.200. The van der Waals surface area contributed by atoms with Crippen molar-refractivity contribution in [2.45, 2.75) is 19.4 Å². The van der Waals surface area contributed by atoms with Crippen LogP contribution in [0, 0.1) is 17.2 Å². The Bertz CT molecular complexity index is 413. The maximum Gasteiger partial charge on any atom is 0.142 e. The average molecular weight is 217 g/mol. The van der Waals surface area contributed by atoms with Crippen molar-refractivity contribution in [1.82, 2.24) is 4.98 Å². The fourth-order valence-electron chi connectivity index (χ4n) is 2.04. The first-order valence-corrected chi connectivity index (χ1v) is 5.50. The van der Waals surface area contributed by atoms with E-state index in [1.165, 1.54) is 0 Å². The molecule has 0 saturated carbocycles. The van der Waals surface area contributed by atoms with Crippen LogP contribution in [0.1, 0.15) is 19.0 Å². The zero-order valence-electron chi connectivity index (χ0n) is 9.30. The number of hydrogen-bond donors (Lipinski definition) is 1. The van der Waals surface area contributed by atoms with E-state index in [1.54, 1.807) is 12.3 Å². The van der Waals surface area contributed by atoms with Gasteiger partial charge in [-0.05, 0) is 24.5 Å². The van der Waals surface area contributed by atoms with Crippen molar-refractivity contribution in [2.24, 2.45) is 5.92 Å². The first-order valence-electron chi connectivity index (χ1n) is 5.50. The molecule has 0 radical (unpaired) electrons. The van der Waals surface area contributed by atoms with E-state index in [2.05, 4.69) is 9.88 Å². The highest BCUT2D eigenvalue weighted by molar-refractivity contribution is 5.49. The Hall–Kier alpha value is -1.60. The van der Waals surface area contributed by atoms with E-state index in [4.69, 9.17) is 5.26 Å². The number of nitriles is 1. The van der Waals surface area contributed by atoms with Crippen LogP contribution in [-0.2, 0) is 0 Å². The second kappa shape index (κ2) is 4.50. The number of hydrogen-bond acceptors (Lipinski definition) is 4. The molecule has 1 aromatic rings. The molecule has 0 aliphatic carbocycles. The van der Waals surface area contributed by atoms with Gasteiger partial charge in [-0.3, -0.25) is 0 Å². The second-order valence-electron chi connectivity index (χ2n) is 4.29. The standard InChI is InChI=1S/C12H15N3O/c1-9-8-15(5-3-12(9)16)11-2-4-14-10(6-11)7-13/h2,4,6,9,12,16H,3,5,8H2,1H3. The molecule has 4 nitrogen and oxygen atoms in total. The van der Waals surface area contributed by atoms with Crippen LogP contribution in [0.25, 0.3) is 0 Å². The topological polar surface area (TPSA) is 60.2 Å². The van der Waals surface area contributed by atoms with E-state index in [0.717, 1.165) is 25.2 Å². The van der Waals surface area contributed by atoms with Crippen LogP contribution >= 0.6 is 0 Å². The minimum atomic E-state index is -0.200. The van der Waals surface area contributed by atoms with Crippen molar-refractivity contribution in [2.75, 3.05) is 18.0 Å². The summed E-state index contributed by atoms with van der Waals surface area (Å²) in [6, 6.07) is 5.74. The summed E-state index contributed by atoms with van der Waals surface area (Å²) in [6.07, 6.45) is 2.24. The Labute approximate surface area is 95.1 Å². The molecule has 16 heavy (non-hydrogen) atoms. The van der Waals surface area contributed by atoms with Crippen LogP contribution in [0.15, 0.2) is 18.3 Å². The van der Waals surface area contributed by atoms with Crippen LogP contribution in [0.2, 0.25) is 0 Å². The molecule has 84 valence electrons. The summed E-state index contributed by atoms with van der Waals surface area (Å²) in [6.45, 7) is 3.71. The van der Waals surface area contributed by atoms with Crippen molar-refractivity contribution in [1.29, 1.82) is 5.26 Å². The molecule has 2 unspecified atom stereocenters. The largest absolute Gasteiger partial charge is 0.393 e. The third-order valence-corrected chi connectivity index (χ3v) is 3.08. The predicted octanol–water partition coefficient (Wildman–Crippen LogP) is 1.16. The summed E-state index contributed by atoms with van der Waals surface area (Å²) in [5, 5.41) is 18.4. The highest BCUT2D eigenvalue weighted by atomic mass is 16.3. The second-order valence-corrected chi connectivity index (χ2v) is 4.29. The summed E-state index contributed by atoms with van der Waals surface area (Å²) in [5.74, 6) is 0.271. The smallest absolute Gasteiger partial charge is 0.142 e. The van der Waals surface area contributed by atoms with Crippen LogP contribution in [0.3, 0.4) is 0 Å². The number of nitrogens with zero attached hydrogens (tertiary/aromatic N) is 3. The summed E-state index contributed by atoms with van der Waals surface area (Å²) in [4.78, 5) is 6.14. The number of aliphatic hydroxyl groups excluding tert-OH is 1. The van der Waals surface area contributed by atoms with Crippen molar-refractivity contribution in [3.63, 3.8) is 0 Å². The third-order valence-electron chi connectivity index (χ3n) is 3.08. The molecule has 2 atom stereocenters. The van der Waals surface area contributed by atoms with Gasteiger partial charge >= 0.3 is 0 Å². The molecule has 1 saturated heterocycles. The Morgan fingerprint density at radius 2 is 2.44 bits per heavy atom. The maximum atomic E-state index is 9.65. The van der Waals surface area contributed by atoms with E-state index in [-0.39, 0.29) is 12.0 Å². The van der Waals surface area contributed by atoms with Crippen LogP contribution < -0.4 is 4.90 Å². The van der Waals surface area contributed by atoms with Gasteiger partial charge in [-0.15, -0.1) is 0 Å². The number of piperidine rings is 1. The SMILES string of the molecule is CC1CN(c2ccnc(C#N)c2)CCC1O. The van der Waals surface area contributed by atoms with Crippen molar-refractivity contribution in [3.8, 4) is 6.07 Å². The van der Waals surface area contributed by atoms with Gasteiger partial charge in [0.25, 0.3) is 0 Å². The zero-order chi connectivity index (χ0) is 11.5. The van der Waals surface area contributed by atoms with Gasteiger partial charge in [-0.25, -0.2) is 4.98 Å². The normalized spacial score (nSPS) is 25.2. The molecule has 1 aromatic heterocycles. The Morgan fingerprint density at radius 1 is 1.62 bits per heavy atom. The van der Waals surface area contributed by atoms with E-state index in [1.807, 2.05) is 19.1 Å². The average Bonchev–Trinajstić information content (AvgIpc) is 2.33. The molecule has 0 aromatic carbocycles. The van der Waals surface area contributed by atoms with E-state index < -0.39 is 0 Å². The highest BCUT2D eigenvalue weighted by Crippen LogP contribution is 2.23. The minimum Gasteiger partial charge on any atom is -0.393 e. The first kappa shape index (κ1) is 10.9. The zero-order valence-corrected chi connectivity index (χ0v) is 9.30. The van der Waals surface area contributed by atoms with Crippen molar-refractivity contribution in [3.05, 3.63) is 24.0 Å². The van der Waals surface area contributed by atoms with Crippen molar-refractivity contribution >= 4 is 5.69 Å². The lowest BCUT2D eigenvalue weighted by Crippen LogP contribution is -2.41. The molecule has 4 heteroatoms. The number of anilines is 1. The molecule has 0 spiro atoms. The molecule has 2 heterocycles. The Morgan fingerprint density at radius 3 is 3.12 bits per heavy atom. The lowest BCUT2D eigenvalue weighted by atomic mass is 9.96. The van der Waals surface area contributed by atoms with Gasteiger partial charge in [-0.1, -0.05) is 6.92 Å². The van der Waals surface area contributed by atoms with E-state index in [0.29, 0.717) is 5.69 Å². The lowest BCUT2D eigenvalue weighted by molar-refractivity contribution is 0.0971. The lowest BCUT2D eigenvalue weighted by Gasteiger charge is -2.35. The Kier molecular flexibility index (Phi) is 3.07. The monoisotopic (exact) mass is 217 g/mol. The number of rotatable bonds is 1. The molecule has 1 aliphatic heterocycles.